The van der Waals surface area contributed by atoms with Crippen molar-refractivity contribution in [3.63, 3.8) is 0 Å². The van der Waals surface area contributed by atoms with E-state index in [0.29, 0.717) is 4.99 Å². The third-order valence-corrected chi connectivity index (χ3v) is 3.20. The fourth-order valence-electron chi connectivity index (χ4n) is 2.16. The number of ether oxygens (including phenoxy) is 2. The smallest absolute Gasteiger partial charge is 0.133 e. The first-order valence-corrected chi connectivity index (χ1v) is 6.51. The number of aryl methyl sites for hydroxylation is 2. The number of nitrogens with two attached hydrogens (primary N) is 1. The minimum absolute atomic E-state index is 0.174. The van der Waals surface area contributed by atoms with Crippen LogP contribution in [0.5, 0.6) is 5.75 Å². The summed E-state index contributed by atoms with van der Waals surface area (Å²) in [4.78, 5) is 4.71. The molecule has 1 aliphatic heterocycles. The molecule has 1 aromatic rings. The van der Waals surface area contributed by atoms with E-state index < -0.39 is 0 Å². The Balaban J connectivity index is 2.27. The number of rotatable bonds is 3. The second kappa shape index (κ2) is 5.63. The minimum atomic E-state index is 0.174. The van der Waals surface area contributed by atoms with E-state index in [4.69, 9.17) is 27.4 Å². The molecule has 4 nitrogen and oxygen atoms in total. The number of thiocarbonyl (C=S) groups is 1. The van der Waals surface area contributed by atoms with E-state index >= 15 is 0 Å². The fourth-order valence-corrected chi connectivity index (χ4v) is 2.41. The molecule has 1 saturated heterocycles. The molecule has 18 heavy (non-hydrogen) atoms. The predicted molar refractivity (Wildman–Crippen MR) is 74.1 cm³/mol. The third-order valence-electron chi connectivity index (χ3n) is 3.00. The largest absolute Gasteiger partial charge is 0.489 e. The molecule has 5 heteroatoms. The fraction of sp³-hybridized carbons (Fsp3) is 0.538. The van der Waals surface area contributed by atoms with Crippen LogP contribution in [0.1, 0.15) is 29.8 Å². The average Bonchev–Trinajstić information content (AvgIpc) is 2.28. The molecular formula is C13H18N2O2S. The molecule has 0 saturated carbocycles. The minimum Gasteiger partial charge on any atom is -0.489 e. The summed E-state index contributed by atoms with van der Waals surface area (Å²) in [5.41, 5.74) is 8.24. The van der Waals surface area contributed by atoms with E-state index in [1.807, 2.05) is 19.9 Å². The molecule has 0 amide bonds. The number of pyridine rings is 1. The Kier molecular flexibility index (Phi) is 4.14. The summed E-state index contributed by atoms with van der Waals surface area (Å²) in [6.45, 7) is 5.33. The lowest BCUT2D eigenvalue weighted by Gasteiger charge is -2.25. The van der Waals surface area contributed by atoms with Crippen molar-refractivity contribution in [3.8, 4) is 5.75 Å². The van der Waals surface area contributed by atoms with Gasteiger partial charge in [-0.3, -0.25) is 4.98 Å². The Hall–Kier alpha value is -1.20. The van der Waals surface area contributed by atoms with Crippen LogP contribution < -0.4 is 10.5 Å². The lowest BCUT2D eigenvalue weighted by Crippen LogP contribution is -2.27. The first-order chi connectivity index (χ1) is 8.58. The Morgan fingerprint density at radius 2 is 2.11 bits per heavy atom. The predicted octanol–water partition coefficient (Wildman–Crippen LogP) is 1.89. The van der Waals surface area contributed by atoms with Crippen molar-refractivity contribution < 1.29 is 9.47 Å². The molecule has 0 aliphatic carbocycles. The van der Waals surface area contributed by atoms with Crippen molar-refractivity contribution in [3.05, 3.63) is 23.0 Å². The van der Waals surface area contributed by atoms with Gasteiger partial charge in [-0.2, -0.15) is 0 Å². The Morgan fingerprint density at radius 1 is 1.44 bits per heavy atom. The first-order valence-electron chi connectivity index (χ1n) is 6.10. The van der Waals surface area contributed by atoms with Crippen molar-refractivity contribution in [2.24, 2.45) is 5.73 Å². The third kappa shape index (κ3) is 2.97. The van der Waals surface area contributed by atoms with Gasteiger partial charge in [-0.25, -0.2) is 0 Å². The maximum absolute atomic E-state index is 6.02. The summed E-state index contributed by atoms with van der Waals surface area (Å²) in [6, 6.07) is 1.90. The van der Waals surface area contributed by atoms with Gasteiger partial charge in [0, 0.05) is 24.6 Å². The maximum atomic E-state index is 6.02. The highest BCUT2D eigenvalue weighted by Gasteiger charge is 2.19. The SMILES string of the molecule is Cc1cc(OC2CCOCC2)c(C(N)=S)c(C)n1. The summed E-state index contributed by atoms with van der Waals surface area (Å²) in [6.07, 6.45) is 1.97. The van der Waals surface area contributed by atoms with E-state index in [-0.39, 0.29) is 6.10 Å². The van der Waals surface area contributed by atoms with Gasteiger partial charge >= 0.3 is 0 Å². The zero-order chi connectivity index (χ0) is 13.1. The molecule has 0 aromatic carbocycles. The maximum Gasteiger partial charge on any atom is 0.133 e. The van der Waals surface area contributed by atoms with Crippen LogP contribution in [0.2, 0.25) is 0 Å². The molecule has 1 aromatic heterocycles. The van der Waals surface area contributed by atoms with Gasteiger partial charge in [0.05, 0.1) is 24.5 Å². The van der Waals surface area contributed by atoms with Crippen LogP contribution in [0.25, 0.3) is 0 Å². The average molecular weight is 266 g/mol. The highest BCUT2D eigenvalue weighted by molar-refractivity contribution is 7.80. The topological polar surface area (TPSA) is 57.4 Å². The van der Waals surface area contributed by atoms with Crippen LogP contribution in [0, 0.1) is 13.8 Å². The second-order valence-electron chi connectivity index (χ2n) is 4.52. The van der Waals surface area contributed by atoms with Crippen molar-refractivity contribution >= 4 is 17.2 Å². The Bertz CT molecular complexity index is 457. The summed E-state index contributed by atoms with van der Waals surface area (Å²) in [7, 11) is 0. The van der Waals surface area contributed by atoms with Crippen LogP contribution in [-0.2, 0) is 4.74 Å². The van der Waals surface area contributed by atoms with Gasteiger partial charge in [0.1, 0.15) is 16.8 Å². The number of nitrogens with zero attached hydrogens (tertiary/aromatic N) is 1. The molecule has 1 fully saturated rings. The van der Waals surface area contributed by atoms with Gasteiger partial charge in [-0.1, -0.05) is 12.2 Å². The van der Waals surface area contributed by atoms with Crippen LogP contribution in [0.3, 0.4) is 0 Å². The number of hydrogen-bond acceptors (Lipinski definition) is 4. The van der Waals surface area contributed by atoms with Crippen LogP contribution in [-0.4, -0.2) is 29.3 Å². The van der Waals surface area contributed by atoms with E-state index in [9.17, 15) is 0 Å². The zero-order valence-electron chi connectivity index (χ0n) is 10.7. The molecular weight excluding hydrogens is 248 g/mol. The van der Waals surface area contributed by atoms with Crippen LogP contribution >= 0.6 is 12.2 Å². The molecule has 2 heterocycles. The second-order valence-corrected chi connectivity index (χ2v) is 4.96. The summed E-state index contributed by atoms with van der Waals surface area (Å²) in [5.74, 6) is 0.749. The lowest BCUT2D eigenvalue weighted by molar-refractivity contribution is 0.0254. The normalized spacial score (nSPS) is 16.6. The van der Waals surface area contributed by atoms with Gasteiger partial charge in [0.2, 0.25) is 0 Å². The van der Waals surface area contributed by atoms with E-state index in [0.717, 1.165) is 48.8 Å². The molecule has 0 atom stereocenters. The van der Waals surface area contributed by atoms with E-state index in [1.165, 1.54) is 0 Å². The molecule has 2 rings (SSSR count). The van der Waals surface area contributed by atoms with Gasteiger partial charge < -0.3 is 15.2 Å². The summed E-state index contributed by atoms with van der Waals surface area (Å²) >= 11 is 5.08. The number of hydrogen-bond donors (Lipinski definition) is 1. The molecule has 2 N–H and O–H groups in total. The van der Waals surface area contributed by atoms with Gasteiger partial charge in [-0.15, -0.1) is 0 Å². The molecule has 0 spiro atoms. The van der Waals surface area contributed by atoms with Crippen molar-refractivity contribution in [2.75, 3.05) is 13.2 Å². The molecule has 98 valence electrons. The molecule has 0 radical (unpaired) electrons. The molecule has 0 bridgehead atoms. The summed E-state index contributed by atoms with van der Waals surface area (Å²) < 4.78 is 11.3. The quantitative estimate of drug-likeness (QED) is 0.847. The standard InChI is InChI=1S/C13H18N2O2S/c1-8-7-11(12(13(14)18)9(2)15-8)17-10-3-5-16-6-4-10/h7,10H,3-6H2,1-2H3,(H2,14,18). The van der Waals surface area contributed by atoms with Crippen molar-refractivity contribution in [2.45, 2.75) is 32.8 Å². The Morgan fingerprint density at radius 3 is 2.72 bits per heavy atom. The van der Waals surface area contributed by atoms with Gasteiger partial charge in [0.25, 0.3) is 0 Å². The van der Waals surface area contributed by atoms with E-state index in [2.05, 4.69) is 4.98 Å². The monoisotopic (exact) mass is 266 g/mol. The number of aromatic nitrogens is 1. The Labute approximate surface area is 112 Å². The van der Waals surface area contributed by atoms with Crippen molar-refractivity contribution in [1.29, 1.82) is 0 Å². The van der Waals surface area contributed by atoms with Crippen LogP contribution in [0.15, 0.2) is 6.07 Å². The van der Waals surface area contributed by atoms with Crippen LogP contribution in [0.4, 0.5) is 0 Å². The van der Waals surface area contributed by atoms with E-state index in [1.54, 1.807) is 0 Å². The van der Waals surface area contributed by atoms with Crippen molar-refractivity contribution in [1.82, 2.24) is 4.98 Å². The zero-order valence-corrected chi connectivity index (χ0v) is 11.5. The molecule has 0 unspecified atom stereocenters. The first kappa shape index (κ1) is 13.2. The lowest BCUT2D eigenvalue weighted by atomic mass is 10.1. The summed E-state index contributed by atoms with van der Waals surface area (Å²) in [5, 5.41) is 0. The van der Waals surface area contributed by atoms with Gasteiger partial charge in [0.15, 0.2) is 0 Å². The van der Waals surface area contributed by atoms with Gasteiger partial charge in [-0.05, 0) is 13.8 Å². The highest BCUT2D eigenvalue weighted by Crippen LogP contribution is 2.25. The molecule has 1 aliphatic rings. The highest BCUT2D eigenvalue weighted by atomic mass is 32.1.